The van der Waals surface area contributed by atoms with E-state index in [1.54, 1.807) is 0 Å². The van der Waals surface area contributed by atoms with Gasteiger partial charge >= 0.3 is 0 Å². The molecule has 7 aromatic rings. The molecule has 0 N–H and O–H groups in total. The van der Waals surface area contributed by atoms with Crippen LogP contribution >= 0.6 is 0 Å². The molecule has 0 bridgehead atoms. The predicted octanol–water partition coefficient (Wildman–Crippen LogP) is 9.23. The minimum absolute atomic E-state index is 0.625. The Balaban J connectivity index is 1.34. The summed E-state index contributed by atoms with van der Waals surface area (Å²) in [5.74, 6) is 1.91. The topological polar surface area (TPSA) is 62.5 Å². The van der Waals surface area contributed by atoms with Crippen molar-refractivity contribution in [1.29, 1.82) is 5.26 Å². The molecule has 0 aliphatic carbocycles. The first-order valence-electron chi connectivity index (χ1n) is 13.8. The first kappa shape index (κ1) is 25.1. The summed E-state index contributed by atoms with van der Waals surface area (Å²) in [6.07, 6.45) is 0. The van der Waals surface area contributed by atoms with Gasteiger partial charge in [-0.05, 0) is 45.2 Å². The molecule has 0 amide bonds. The lowest BCUT2D eigenvalue weighted by molar-refractivity contribution is 1.07. The Morgan fingerprint density at radius 3 is 1.45 bits per heavy atom. The molecule has 0 aliphatic heterocycles. The van der Waals surface area contributed by atoms with Crippen LogP contribution in [0.1, 0.15) is 5.56 Å². The number of nitrogens with zero attached hydrogens (tertiary/aromatic N) is 4. The van der Waals surface area contributed by atoms with Gasteiger partial charge in [0.05, 0.1) is 11.6 Å². The SMILES string of the molecule is N#Cc1ccc(-c2c(-c3ccc(-c4nc(-c5ccccc5)nc(-c5ccccc5)n4)cc3)ccc3ccccc23)cc1. The molecular weight excluding hydrogens is 512 g/mol. The summed E-state index contributed by atoms with van der Waals surface area (Å²) >= 11 is 0. The highest BCUT2D eigenvalue weighted by molar-refractivity contribution is 6.04. The zero-order chi connectivity index (χ0) is 28.3. The number of aromatic nitrogens is 3. The van der Waals surface area contributed by atoms with Crippen LogP contribution in [-0.2, 0) is 0 Å². The van der Waals surface area contributed by atoms with E-state index >= 15 is 0 Å². The van der Waals surface area contributed by atoms with Crippen molar-refractivity contribution in [3.05, 3.63) is 151 Å². The van der Waals surface area contributed by atoms with E-state index in [1.807, 2.05) is 84.9 Å². The molecule has 0 aliphatic rings. The zero-order valence-corrected chi connectivity index (χ0v) is 22.6. The summed E-state index contributed by atoms with van der Waals surface area (Å²) in [5, 5.41) is 11.7. The number of rotatable bonds is 5. The fraction of sp³-hybridized carbons (Fsp3) is 0. The van der Waals surface area contributed by atoms with Gasteiger partial charge in [0.2, 0.25) is 0 Å². The predicted molar refractivity (Wildman–Crippen MR) is 169 cm³/mol. The van der Waals surface area contributed by atoms with E-state index in [9.17, 15) is 5.26 Å². The van der Waals surface area contributed by atoms with E-state index in [2.05, 4.69) is 66.7 Å². The van der Waals surface area contributed by atoms with Gasteiger partial charge < -0.3 is 0 Å². The molecule has 1 heterocycles. The fourth-order valence-corrected chi connectivity index (χ4v) is 5.27. The average Bonchev–Trinajstić information content (AvgIpc) is 3.08. The third-order valence-corrected chi connectivity index (χ3v) is 7.39. The van der Waals surface area contributed by atoms with Crippen LogP contribution in [0.4, 0.5) is 0 Å². The maximum atomic E-state index is 9.32. The van der Waals surface area contributed by atoms with Crippen molar-refractivity contribution in [3.8, 4) is 62.5 Å². The largest absolute Gasteiger partial charge is 0.208 e. The summed E-state index contributed by atoms with van der Waals surface area (Å²) in [4.78, 5) is 14.6. The van der Waals surface area contributed by atoms with Gasteiger partial charge in [-0.25, -0.2) is 15.0 Å². The summed E-state index contributed by atoms with van der Waals surface area (Å²) in [6.45, 7) is 0. The van der Waals surface area contributed by atoms with Gasteiger partial charge in [-0.2, -0.15) is 5.26 Å². The monoisotopic (exact) mass is 536 g/mol. The van der Waals surface area contributed by atoms with E-state index in [1.165, 1.54) is 10.8 Å². The van der Waals surface area contributed by atoms with Crippen molar-refractivity contribution in [1.82, 2.24) is 15.0 Å². The lowest BCUT2D eigenvalue weighted by Gasteiger charge is -2.15. The van der Waals surface area contributed by atoms with E-state index in [0.717, 1.165) is 38.9 Å². The molecule has 196 valence electrons. The molecule has 4 heteroatoms. The molecule has 42 heavy (non-hydrogen) atoms. The van der Waals surface area contributed by atoms with E-state index in [4.69, 9.17) is 15.0 Å². The molecule has 0 spiro atoms. The minimum Gasteiger partial charge on any atom is -0.208 e. The van der Waals surface area contributed by atoms with Crippen LogP contribution in [0.15, 0.2) is 146 Å². The van der Waals surface area contributed by atoms with Crippen LogP contribution in [0, 0.1) is 11.3 Å². The first-order valence-corrected chi connectivity index (χ1v) is 13.8. The number of benzene rings is 6. The number of hydrogen-bond donors (Lipinski definition) is 0. The third-order valence-electron chi connectivity index (χ3n) is 7.39. The van der Waals surface area contributed by atoms with E-state index < -0.39 is 0 Å². The van der Waals surface area contributed by atoms with Crippen LogP contribution in [0.25, 0.3) is 67.2 Å². The smallest absolute Gasteiger partial charge is 0.164 e. The molecule has 6 aromatic carbocycles. The van der Waals surface area contributed by atoms with Gasteiger partial charge in [-0.15, -0.1) is 0 Å². The molecule has 0 saturated heterocycles. The lowest BCUT2D eigenvalue weighted by Crippen LogP contribution is -2.00. The summed E-state index contributed by atoms with van der Waals surface area (Å²) in [6, 6.07) is 51.2. The van der Waals surface area contributed by atoms with Crippen LogP contribution in [0.5, 0.6) is 0 Å². The second-order valence-electron chi connectivity index (χ2n) is 10.0. The maximum Gasteiger partial charge on any atom is 0.164 e. The van der Waals surface area contributed by atoms with Crippen LogP contribution in [0.3, 0.4) is 0 Å². The van der Waals surface area contributed by atoms with Crippen molar-refractivity contribution in [2.45, 2.75) is 0 Å². The van der Waals surface area contributed by atoms with Crippen molar-refractivity contribution in [3.63, 3.8) is 0 Å². The molecule has 7 rings (SSSR count). The second-order valence-corrected chi connectivity index (χ2v) is 10.0. The van der Waals surface area contributed by atoms with Crippen LogP contribution in [0.2, 0.25) is 0 Å². The van der Waals surface area contributed by atoms with Crippen molar-refractivity contribution in [2.24, 2.45) is 0 Å². The van der Waals surface area contributed by atoms with Crippen LogP contribution < -0.4 is 0 Å². The van der Waals surface area contributed by atoms with Crippen molar-refractivity contribution in [2.75, 3.05) is 0 Å². The van der Waals surface area contributed by atoms with Gasteiger partial charge in [0.25, 0.3) is 0 Å². The molecule has 0 atom stereocenters. The Bertz CT molecular complexity index is 2000. The van der Waals surface area contributed by atoms with Gasteiger partial charge in [0.1, 0.15) is 0 Å². The van der Waals surface area contributed by atoms with Crippen LogP contribution in [-0.4, -0.2) is 15.0 Å². The van der Waals surface area contributed by atoms with E-state index in [0.29, 0.717) is 23.0 Å². The highest BCUT2D eigenvalue weighted by atomic mass is 15.0. The number of fused-ring (bicyclic) bond motifs is 1. The van der Waals surface area contributed by atoms with Crippen molar-refractivity contribution >= 4 is 10.8 Å². The Labute approximate surface area is 244 Å². The van der Waals surface area contributed by atoms with Gasteiger partial charge in [-0.1, -0.05) is 133 Å². The Morgan fingerprint density at radius 2 is 0.881 bits per heavy atom. The quantitative estimate of drug-likeness (QED) is 0.220. The Hall–Kier alpha value is -5.92. The standard InChI is InChI=1S/C38H24N4/c39-25-26-15-17-29(18-16-26)35-33-14-8-7-9-27(33)23-24-34(35)28-19-21-32(22-20-28)38-41-36(30-10-3-1-4-11-30)40-37(42-38)31-12-5-2-6-13-31/h1-24H. The summed E-state index contributed by atoms with van der Waals surface area (Å²) in [5.41, 5.74) is 7.87. The molecular formula is C38H24N4. The molecule has 0 saturated carbocycles. The fourth-order valence-electron chi connectivity index (χ4n) is 5.27. The lowest BCUT2D eigenvalue weighted by atomic mass is 9.89. The Kier molecular flexibility index (Phi) is 6.52. The van der Waals surface area contributed by atoms with Gasteiger partial charge in [0.15, 0.2) is 17.5 Å². The van der Waals surface area contributed by atoms with Gasteiger partial charge in [-0.3, -0.25) is 0 Å². The highest BCUT2D eigenvalue weighted by Crippen LogP contribution is 2.39. The number of nitriles is 1. The molecule has 1 aromatic heterocycles. The highest BCUT2D eigenvalue weighted by Gasteiger charge is 2.15. The van der Waals surface area contributed by atoms with E-state index in [-0.39, 0.29) is 0 Å². The Morgan fingerprint density at radius 1 is 0.405 bits per heavy atom. The first-order chi connectivity index (χ1) is 20.8. The molecule has 4 nitrogen and oxygen atoms in total. The normalized spacial score (nSPS) is 10.8. The number of hydrogen-bond acceptors (Lipinski definition) is 4. The molecule has 0 unspecified atom stereocenters. The minimum atomic E-state index is 0.625. The summed E-state index contributed by atoms with van der Waals surface area (Å²) < 4.78 is 0. The third kappa shape index (κ3) is 4.81. The van der Waals surface area contributed by atoms with Gasteiger partial charge in [0, 0.05) is 16.7 Å². The average molecular weight is 537 g/mol. The van der Waals surface area contributed by atoms with Crippen molar-refractivity contribution < 1.29 is 0 Å². The molecule has 0 fully saturated rings. The maximum absolute atomic E-state index is 9.32. The molecule has 0 radical (unpaired) electrons. The zero-order valence-electron chi connectivity index (χ0n) is 22.6. The second kappa shape index (κ2) is 10.9. The summed E-state index contributed by atoms with van der Waals surface area (Å²) in [7, 11) is 0.